The number of alkyl carbamates (subject to hydrolysis) is 1. The van der Waals surface area contributed by atoms with Crippen molar-refractivity contribution in [3.8, 4) is 23.8 Å². The van der Waals surface area contributed by atoms with Gasteiger partial charge in [-0.1, -0.05) is 48.5 Å². The fourth-order valence-corrected chi connectivity index (χ4v) is 5.06. The van der Waals surface area contributed by atoms with Crippen LogP contribution in [0.3, 0.4) is 0 Å². The molecule has 0 heterocycles. The van der Waals surface area contributed by atoms with Crippen LogP contribution in [0.25, 0.3) is 0 Å². The molecule has 0 aliphatic rings. The van der Waals surface area contributed by atoms with Crippen LogP contribution in [0.4, 0.5) is 10.5 Å². The normalized spacial score (nSPS) is 11.4. The minimum atomic E-state index is -4.08. The maximum atomic E-state index is 14.4. The smallest absolute Gasteiger partial charge is 0.450 e. The predicted molar refractivity (Wildman–Crippen MR) is 144 cm³/mol. The maximum Gasteiger partial charge on any atom is 0.453 e. The van der Waals surface area contributed by atoms with Gasteiger partial charge in [-0.05, 0) is 48.4 Å². The zero-order valence-corrected chi connectivity index (χ0v) is 21.1. The number of ether oxygens (including phenoxy) is 1. The third-order valence-corrected chi connectivity index (χ3v) is 6.95. The molecule has 1 atom stereocenters. The van der Waals surface area contributed by atoms with Gasteiger partial charge in [0.1, 0.15) is 11.5 Å². The highest BCUT2D eigenvalue weighted by Crippen LogP contribution is 2.53. The van der Waals surface area contributed by atoms with Gasteiger partial charge in [-0.3, -0.25) is 0 Å². The zero-order chi connectivity index (χ0) is 26.5. The lowest BCUT2D eigenvalue weighted by molar-refractivity contribution is 0.143. The lowest BCUT2D eigenvalue weighted by Crippen LogP contribution is -2.39. The molecule has 0 radical (unpaired) electrons. The summed E-state index contributed by atoms with van der Waals surface area (Å²) in [6.45, 7) is 0.110. The van der Waals surface area contributed by atoms with Crippen molar-refractivity contribution in [2.75, 3.05) is 6.61 Å². The highest BCUT2D eigenvalue weighted by molar-refractivity contribution is 7.55. The van der Waals surface area contributed by atoms with Crippen molar-refractivity contribution >= 4 is 25.3 Å². The molecule has 3 aromatic carbocycles. The molecule has 9 nitrogen and oxygen atoms in total. The summed E-state index contributed by atoms with van der Waals surface area (Å²) in [6, 6.07) is 24.1. The minimum Gasteiger partial charge on any atom is -0.450 e. The molecule has 0 spiro atoms. The van der Waals surface area contributed by atoms with E-state index in [2.05, 4.69) is 16.2 Å². The fraction of sp³-hybridized carbons (Fsp3) is 0.185. The summed E-state index contributed by atoms with van der Waals surface area (Å²) in [5.74, 6) is 1.94. The topological polar surface area (TPSA) is 138 Å². The van der Waals surface area contributed by atoms with Gasteiger partial charge in [0.25, 0.3) is 0 Å². The van der Waals surface area contributed by atoms with Gasteiger partial charge in [0, 0.05) is 12.8 Å². The van der Waals surface area contributed by atoms with Crippen molar-refractivity contribution in [2.45, 2.75) is 25.0 Å². The lowest BCUT2D eigenvalue weighted by Gasteiger charge is -2.28. The second kappa shape index (κ2) is 13.6. The van der Waals surface area contributed by atoms with E-state index in [1.807, 2.05) is 0 Å². The molecule has 1 unspecified atom stereocenters. The summed E-state index contributed by atoms with van der Waals surface area (Å²) >= 11 is 0. The molecule has 1 amide bonds. The van der Waals surface area contributed by atoms with E-state index >= 15 is 0 Å². The number of terminal acetylenes is 1. The molecule has 0 aliphatic heterocycles. The molecular weight excluding hydrogens is 491 g/mol. The largest absolute Gasteiger partial charge is 0.453 e. The van der Waals surface area contributed by atoms with E-state index in [1.54, 1.807) is 84.9 Å². The van der Waals surface area contributed by atoms with Crippen LogP contribution in [0, 0.1) is 12.3 Å². The standard InChI is InChI=1S/C27H29N4O5P/c1-2-3-10-19-34-27(32)31-25(20-21-15-17-22(18-16-21)30-26(28)29)37(33,35-23-11-6-4-7-12-23)36-24-13-8-5-9-14-24/h1,4-9,11-18,25H,3,10,19-20H2,(H,31,32)(H4,28,29,30). The lowest BCUT2D eigenvalue weighted by atomic mass is 10.1. The first-order valence-corrected chi connectivity index (χ1v) is 13.1. The van der Waals surface area contributed by atoms with Crippen LogP contribution in [0.1, 0.15) is 18.4 Å². The number of nitrogens with zero attached hydrogens (tertiary/aromatic N) is 1. The van der Waals surface area contributed by atoms with Crippen LogP contribution in [-0.2, 0) is 15.7 Å². The number of amides is 1. The number of benzene rings is 3. The van der Waals surface area contributed by atoms with Crippen molar-refractivity contribution in [2.24, 2.45) is 16.5 Å². The molecule has 3 rings (SSSR count). The molecule has 37 heavy (non-hydrogen) atoms. The van der Waals surface area contributed by atoms with Crippen LogP contribution in [0.5, 0.6) is 11.5 Å². The van der Waals surface area contributed by atoms with Crippen molar-refractivity contribution in [1.29, 1.82) is 0 Å². The van der Waals surface area contributed by atoms with Crippen LogP contribution in [-0.4, -0.2) is 24.4 Å². The maximum absolute atomic E-state index is 14.4. The Morgan fingerprint density at radius 3 is 2.03 bits per heavy atom. The Hall–Kier alpha value is -4.41. The third-order valence-electron chi connectivity index (χ3n) is 4.94. The second-order valence-corrected chi connectivity index (χ2v) is 9.93. The molecule has 0 saturated carbocycles. The second-order valence-electron chi connectivity index (χ2n) is 7.86. The van der Waals surface area contributed by atoms with Gasteiger partial charge < -0.3 is 30.6 Å². The summed E-state index contributed by atoms with van der Waals surface area (Å²) in [5.41, 5.74) is 12.2. The van der Waals surface area contributed by atoms with E-state index in [0.717, 1.165) is 5.56 Å². The number of rotatable bonds is 12. The molecule has 0 fully saturated rings. The average Bonchev–Trinajstić information content (AvgIpc) is 2.88. The third kappa shape index (κ3) is 8.95. The molecule has 3 aromatic rings. The Labute approximate surface area is 216 Å². The van der Waals surface area contributed by atoms with Crippen molar-refractivity contribution in [3.05, 3.63) is 90.5 Å². The molecule has 10 heteroatoms. The number of nitrogens with one attached hydrogen (secondary N) is 1. The van der Waals surface area contributed by atoms with E-state index in [4.69, 9.17) is 31.7 Å². The summed E-state index contributed by atoms with van der Waals surface area (Å²) in [4.78, 5) is 16.7. The number of hydrogen-bond acceptors (Lipinski definition) is 6. The first-order valence-electron chi connectivity index (χ1n) is 11.5. The summed E-state index contributed by atoms with van der Waals surface area (Å²) < 4.78 is 31.5. The van der Waals surface area contributed by atoms with Gasteiger partial charge in [-0.2, -0.15) is 0 Å². The molecule has 192 valence electrons. The van der Waals surface area contributed by atoms with Crippen molar-refractivity contribution in [1.82, 2.24) is 5.32 Å². The summed E-state index contributed by atoms with van der Waals surface area (Å²) in [5, 5.41) is 2.68. The van der Waals surface area contributed by atoms with E-state index < -0.39 is 19.5 Å². The number of aliphatic imine (C=N–C) groups is 1. The quantitative estimate of drug-likeness (QED) is 0.101. The number of unbranched alkanes of at least 4 members (excludes halogenated alkanes) is 1. The molecule has 5 N–H and O–H groups in total. The minimum absolute atomic E-state index is 0.0723. The van der Waals surface area contributed by atoms with Crippen LogP contribution in [0.15, 0.2) is 89.9 Å². The zero-order valence-electron chi connectivity index (χ0n) is 20.2. The van der Waals surface area contributed by atoms with Gasteiger partial charge in [-0.25, -0.2) is 14.4 Å². The highest BCUT2D eigenvalue weighted by atomic mass is 31.2. The molecule has 0 aromatic heterocycles. The Morgan fingerprint density at radius 2 is 1.51 bits per heavy atom. The van der Waals surface area contributed by atoms with Crippen LogP contribution >= 0.6 is 7.60 Å². The van der Waals surface area contributed by atoms with E-state index in [9.17, 15) is 9.36 Å². The van der Waals surface area contributed by atoms with Crippen LogP contribution in [0.2, 0.25) is 0 Å². The highest BCUT2D eigenvalue weighted by Gasteiger charge is 2.41. The van der Waals surface area contributed by atoms with E-state index in [-0.39, 0.29) is 19.0 Å². The molecule has 0 bridgehead atoms. The van der Waals surface area contributed by atoms with Crippen LogP contribution < -0.4 is 25.8 Å². The van der Waals surface area contributed by atoms with E-state index in [0.29, 0.717) is 30.0 Å². The number of nitrogens with two attached hydrogens (primary N) is 2. The Morgan fingerprint density at radius 1 is 0.946 bits per heavy atom. The number of hydrogen-bond donors (Lipinski definition) is 3. The Kier molecular flexibility index (Phi) is 10.0. The number of guanidine groups is 1. The fourth-order valence-electron chi connectivity index (χ4n) is 3.24. The first kappa shape index (κ1) is 27.2. The predicted octanol–water partition coefficient (Wildman–Crippen LogP) is 4.95. The Balaban J connectivity index is 1.93. The number of carbonyl (C=O) groups is 1. The SMILES string of the molecule is C#CCCCOC(=O)NC(Cc1ccc(N=C(N)N)cc1)P(=O)(Oc1ccccc1)Oc1ccccc1. The number of para-hydroxylation sites is 2. The van der Waals surface area contributed by atoms with Gasteiger partial charge >= 0.3 is 13.7 Å². The average molecular weight is 521 g/mol. The number of carbonyl (C=O) groups excluding carboxylic acids is 1. The van der Waals surface area contributed by atoms with Gasteiger partial charge in [0.05, 0.1) is 12.3 Å². The molecular formula is C27H29N4O5P. The molecule has 0 aliphatic carbocycles. The summed E-state index contributed by atoms with van der Waals surface area (Å²) in [7, 11) is -4.08. The molecule has 0 saturated heterocycles. The van der Waals surface area contributed by atoms with Crippen molar-refractivity contribution in [3.63, 3.8) is 0 Å². The monoisotopic (exact) mass is 520 g/mol. The van der Waals surface area contributed by atoms with E-state index in [1.165, 1.54) is 0 Å². The summed E-state index contributed by atoms with van der Waals surface area (Å²) in [6.07, 6.45) is 5.54. The van der Waals surface area contributed by atoms with Gasteiger partial charge in [0.15, 0.2) is 11.7 Å². The van der Waals surface area contributed by atoms with Gasteiger partial charge in [0.2, 0.25) is 0 Å². The Bertz CT molecular complexity index is 1210. The van der Waals surface area contributed by atoms with Crippen molar-refractivity contribution < 1.29 is 23.1 Å². The van der Waals surface area contributed by atoms with Gasteiger partial charge in [-0.15, -0.1) is 12.3 Å². The first-order chi connectivity index (χ1) is 17.9.